The van der Waals surface area contributed by atoms with Gasteiger partial charge in [0.2, 0.25) is 0 Å². The highest BCUT2D eigenvalue weighted by Crippen LogP contribution is 2.39. The first-order valence-corrected chi connectivity index (χ1v) is 7.86. The van der Waals surface area contributed by atoms with Crippen molar-refractivity contribution in [1.82, 2.24) is 0 Å². The summed E-state index contributed by atoms with van der Waals surface area (Å²) in [6, 6.07) is 6.33. The topological polar surface area (TPSA) is 26.0 Å². The Hall–Kier alpha value is -0.530. The van der Waals surface area contributed by atoms with Crippen LogP contribution in [0.4, 0.5) is 0 Å². The molecular weight excluding hydrogens is 254 g/mol. The zero-order valence-corrected chi connectivity index (χ0v) is 13.1. The van der Waals surface area contributed by atoms with E-state index in [2.05, 4.69) is 32.0 Å². The van der Waals surface area contributed by atoms with E-state index >= 15 is 0 Å². The lowest BCUT2D eigenvalue weighted by molar-refractivity contribution is 0.325. The zero-order valence-electron chi connectivity index (χ0n) is 12.4. The lowest BCUT2D eigenvalue weighted by Gasteiger charge is -2.29. The number of rotatable bonds is 2. The third-order valence-electron chi connectivity index (χ3n) is 4.85. The van der Waals surface area contributed by atoms with E-state index in [0.29, 0.717) is 0 Å². The third kappa shape index (κ3) is 3.32. The van der Waals surface area contributed by atoms with Gasteiger partial charge in [-0.15, -0.1) is 0 Å². The lowest BCUT2D eigenvalue weighted by Crippen LogP contribution is -2.36. The molecule has 1 aromatic carbocycles. The largest absolute Gasteiger partial charge is 0.321 e. The maximum absolute atomic E-state index is 6.70. The minimum absolute atomic E-state index is 0.180. The highest BCUT2D eigenvalue weighted by molar-refractivity contribution is 6.31. The van der Waals surface area contributed by atoms with Crippen LogP contribution in [0.1, 0.15) is 57.1 Å². The second-order valence-electron chi connectivity index (χ2n) is 6.56. The van der Waals surface area contributed by atoms with Crippen molar-refractivity contribution in [2.24, 2.45) is 17.6 Å². The Bertz CT molecular complexity index is 441. The van der Waals surface area contributed by atoms with Gasteiger partial charge in [-0.1, -0.05) is 50.4 Å². The molecule has 106 valence electrons. The normalized spacial score (nSPS) is 28.4. The van der Waals surface area contributed by atoms with E-state index in [1.54, 1.807) is 0 Å². The number of aryl methyl sites for hydroxylation is 1. The monoisotopic (exact) mass is 279 g/mol. The van der Waals surface area contributed by atoms with E-state index < -0.39 is 0 Å². The molecule has 0 radical (unpaired) electrons. The predicted octanol–water partition coefficient (Wildman–Crippen LogP) is 5.04. The average molecular weight is 280 g/mol. The average Bonchev–Trinajstić information content (AvgIpc) is 2.56. The summed E-state index contributed by atoms with van der Waals surface area (Å²) in [5, 5.41) is 0.840. The van der Waals surface area contributed by atoms with Gasteiger partial charge in [-0.05, 0) is 55.2 Å². The summed E-state index contributed by atoms with van der Waals surface area (Å²) in [5.74, 6) is 1.59. The standard InChI is InChI=1S/C17H26ClN/c1-12(2)14-5-4-9-17(19,10-8-14)15-7-6-13(3)16(18)11-15/h6-7,11-12,14H,4-5,8-10,19H2,1-3H3. The molecule has 2 heteroatoms. The van der Waals surface area contributed by atoms with Gasteiger partial charge < -0.3 is 5.73 Å². The van der Waals surface area contributed by atoms with Gasteiger partial charge in [0.1, 0.15) is 0 Å². The first-order valence-electron chi connectivity index (χ1n) is 7.48. The summed E-state index contributed by atoms with van der Waals surface area (Å²) < 4.78 is 0. The molecule has 0 bridgehead atoms. The van der Waals surface area contributed by atoms with E-state index in [0.717, 1.165) is 35.3 Å². The molecule has 0 aromatic heterocycles. The summed E-state index contributed by atoms with van der Waals surface area (Å²) in [7, 11) is 0. The van der Waals surface area contributed by atoms with E-state index in [1.165, 1.54) is 24.8 Å². The van der Waals surface area contributed by atoms with Crippen molar-refractivity contribution < 1.29 is 0 Å². The Morgan fingerprint density at radius 2 is 2.00 bits per heavy atom. The molecular formula is C17H26ClN. The van der Waals surface area contributed by atoms with Gasteiger partial charge in [-0.3, -0.25) is 0 Å². The molecule has 1 saturated carbocycles. The van der Waals surface area contributed by atoms with Crippen molar-refractivity contribution in [3.63, 3.8) is 0 Å². The quantitative estimate of drug-likeness (QED) is 0.754. The van der Waals surface area contributed by atoms with Gasteiger partial charge >= 0.3 is 0 Å². The molecule has 1 fully saturated rings. The summed E-state index contributed by atoms with van der Waals surface area (Å²) in [5.41, 5.74) is 8.87. The van der Waals surface area contributed by atoms with Crippen LogP contribution in [0.2, 0.25) is 5.02 Å². The molecule has 1 nitrogen and oxygen atoms in total. The SMILES string of the molecule is Cc1ccc(C2(N)CCCC(C(C)C)CC2)cc1Cl. The Balaban J connectivity index is 2.20. The van der Waals surface area contributed by atoms with Gasteiger partial charge in [0.25, 0.3) is 0 Å². The van der Waals surface area contributed by atoms with Crippen LogP contribution in [0.5, 0.6) is 0 Å². The fourth-order valence-corrected chi connectivity index (χ4v) is 3.43. The minimum atomic E-state index is -0.180. The van der Waals surface area contributed by atoms with Gasteiger partial charge in [0, 0.05) is 10.6 Å². The second-order valence-corrected chi connectivity index (χ2v) is 6.96. The molecule has 2 atom stereocenters. The van der Waals surface area contributed by atoms with Crippen LogP contribution >= 0.6 is 11.6 Å². The Kier molecular flexibility index (Phi) is 4.58. The van der Waals surface area contributed by atoms with Crippen LogP contribution in [0.15, 0.2) is 18.2 Å². The summed E-state index contributed by atoms with van der Waals surface area (Å²) in [4.78, 5) is 0. The summed E-state index contributed by atoms with van der Waals surface area (Å²) in [6.45, 7) is 6.70. The van der Waals surface area contributed by atoms with Crippen molar-refractivity contribution in [3.8, 4) is 0 Å². The Morgan fingerprint density at radius 3 is 2.63 bits per heavy atom. The molecule has 0 spiro atoms. The van der Waals surface area contributed by atoms with E-state index in [1.807, 2.05) is 6.92 Å². The number of hydrogen-bond donors (Lipinski definition) is 1. The first kappa shape index (κ1) is 14.9. The smallest absolute Gasteiger partial charge is 0.0438 e. The fourth-order valence-electron chi connectivity index (χ4n) is 3.25. The molecule has 2 unspecified atom stereocenters. The van der Waals surface area contributed by atoms with Gasteiger partial charge in [-0.2, -0.15) is 0 Å². The van der Waals surface area contributed by atoms with Crippen LogP contribution in [0.25, 0.3) is 0 Å². The molecule has 2 N–H and O–H groups in total. The van der Waals surface area contributed by atoms with Crippen molar-refractivity contribution in [3.05, 3.63) is 34.3 Å². The van der Waals surface area contributed by atoms with Crippen molar-refractivity contribution in [1.29, 1.82) is 0 Å². The van der Waals surface area contributed by atoms with E-state index in [9.17, 15) is 0 Å². The summed E-state index contributed by atoms with van der Waals surface area (Å²) in [6.07, 6.45) is 5.94. The Morgan fingerprint density at radius 1 is 1.26 bits per heavy atom. The number of benzene rings is 1. The lowest BCUT2D eigenvalue weighted by atomic mass is 9.82. The van der Waals surface area contributed by atoms with Crippen LogP contribution < -0.4 is 5.73 Å². The molecule has 0 aliphatic heterocycles. The second kappa shape index (κ2) is 5.85. The van der Waals surface area contributed by atoms with Crippen molar-refractivity contribution >= 4 is 11.6 Å². The molecule has 19 heavy (non-hydrogen) atoms. The molecule has 2 rings (SSSR count). The van der Waals surface area contributed by atoms with E-state index in [4.69, 9.17) is 17.3 Å². The maximum Gasteiger partial charge on any atom is 0.0438 e. The molecule has 0 saturated heterocycles. The van der Waals surface area contributed by atoms with Crippen molar-refractivity contribution in [2.45, 2.75) is 58.4 Å². The molecule has 1 aromatic rings. The molecule has 1 aliphatic rings. The number of halogens is 1. The zero-order chi connectivity index (χ0) is 14.0. The fraction of sp³-hybridized carbons (Fsp3) is 0.647. The highest BCUT2D eigenvalue weighted by atomic mass is 35.5. The van der Waals surface area contributed by atoms with Crippen LogP contribution in [0.3, 0.4) is 0 Å². The molecule has 0 heterocycles. The van der Waals surface area contributed by atoms with Crippen LogP contribution in [-0.2, 0) is 5.54 Å². The van der Waals surface area contributed by atoms with Gasteiger partial charge in [0.15, 0.2) is 0 Å². The van der Waals surface area contributed by atoms with Gasteiger partial charge in [0.05, 0.1) is 0 Å². The number of nitrogens with two attached hydrogens (primary N) is 1. The maximum atomic E-state index is 6.70. The summed E-state index contributed by atoms with van der Waals surface area (Å²) >= 11 is 6.26. The predicted molar refractivity (Wildman–Crippen MR) is 83.5 cm³/mol. The third-order valence-corrected chi connectivity index (χ3v) is 5.26. The van der Waals surface area contributed by atoms with Crippen molar-refractivity contribution in [2.75, 3.05) is 0 Å². The van der Waals surface area contributed by atoms with Crippen LogP contribution in [0, 0.1) is 18.8 Å². The van der Waals surface area contributed by atoms with E-state index in [-0.39, 0.29) is 5.54 Å². The highest BCUT2D eigenvalue weighted by Gasteiger charge is 2.32. The molecule has 0 amide bonds. The first-order chi connectivity index (χ1) is 8.92. The van der Waals surface area contributed by atoms with Gasteiger partial charge in [-0.25, -0.2) is 0 Å². The minimum Gasteiger partial charge on any atom is -0.321 e. The van der Waals surface area contributed by atoms with Crippen LogP contribution in [-0.4, -0.2) is 0 Å². The number of hydrogen-bond acceptors (Lipinski definition) is 1. The molecule has 1 aliphatic carbocycles. The Labute approximate surface area is 122 Å².